The van der Waals surface area contributed by atoms with E-state index in [9.17, 15) is 0 Å². The molecule has 3 heteroatoms. The van der Waals surface area contributed by atoms with E-state index >= 15 is 0 Å². The lowest BCUT2D eigenvalue weighted by Crippen LogP contribution is -2.02. The third-order valence-electron chi connectivity index (χ3n) is 0.667. The van der Waals surface area contributed by atoms with Crippen LogP contribution in [0.4, 0.5) is 0 Å². The Morgan fingerprint density at radius 3 is 0.833 bits per heavy atom. The molecule has 0 heterocycles. The van der Waals surface area contributed by atoms with Gasteiger partial charge in [0.15, 0.2) is 0 Å². The molecule has 0 saturated carbocycles. The standard InChI is InChI=1S/C6H6.C3H9N.H4N2/c1-2-4-6-5-3-1;1-4(2)3;1-2/h1-6H;1-3H3;1-2H2. The summed E-state index contributed by atoms with van der Waals surface area (Å²) in [5.41, 5.74) is 0. The Morgan fingerprint density at radius 1 is 0.667 bits per heavy atom. The molecule has 0 fully saturated rings. The maximum Gasteiger partial charge on any atom is -0.0140 e. The van der Waals surface area contributed by atoms with Crippen LogP contribution in [0.25, 0.3) is 0 Å². The lowest BCUT2D eigenvalue weighted by molar-refractivity contribution is 0.505. The lowest BCUT2D eigenvalue weighted by Gasteiger charge is -1.90. The van der Waals surface area contributed by atoms with Gasteiger partial charge in [0.1, 0.15) is 0 Å². The fraction of sp³-hybridized carbons (Fsp3) is 0.333. The van der Waals surface area contributed by atoms with Crippen molar-refractivity contribution < 1.29 is 0 Å². The topological polar surface area (TPSA) is 55.3 Å². The van der Waals surface area contributed by atoms with Crippen LogP contribution in [0.5, 0.6) is 0 Å². The van der Waals surface area contributed by atoms with Gasteiger partial charge in [-0.05, 0) is 21.1 Å². The van der Waals surface area contributed by atoms with E-state index in [0.29, 0.717) is 0 Å². The lowest BCUT2D eigenvalue weighted by atomic mass is 10.4. The van der Waals surface area contributed by atoms with E-state index in [2.05, 4.69) is 11.7 Å². The molecule has 0 bridgehead atoms. The highest BCUT2D eigenvalue weighted by Crippen LogP contribution is 1.79. The summed E-state index contributed by atoms with van der Waals surface area (Å²) in [7, 11) is 6.00. The van der Waals surface area contributed by atoms with Gasteiger partial charge in [-0.15, -0.1) is 0 Å². The van der Waals surface area contributed by atoms with Gasteiger partial charge < -0.3 is 4.90 Å². The van der Waals surface area contributed by atoms with Crippen LogP contribution in [0.3, 0.4) is 0 Å². The minimum absolute atomic E-state index is 2.00. The maximum atomic E-state index is 4.00. The second kappa shape index (κ2) is 12.7. The van der Waals surface area contributed by atoms with Crippen LogP contribution < -0.4 is 11.7 Å². The molecule has 3 nitrogen and oxygen atoms in total. The molecule has 0 saturated heterocycles. The molecule has 1 aromatic carbocycles. The van der Waals surface area contributed by atoms with Gasteiger partial charge in [-0.3, -0.25) is 11.7 Å². The molecule has 0 aromatic heterocycles. The molecule has 0 radical (unpaired) electrons. The third kappa shape index (κ3) is 23.0. The molecule has 1 aromatic rings. The quantitative estimate of drug-likeness (QED) is 0.443. The monoisotopic (exact) mass is 169 g/mol. The minimum atomic E-state index is 2.00. The van der Waals surface area contributed by atoms with Crippen LogP contribution in [-0.2, 0) is 0 Å². The van der Waals surface area contributed by atoms with Crippen molar-refractivity contribution in [2.75, 3.05) is 21.1 Å². The molecule has 12 heavy (non-hydrogen) atoms. The fourth-order valence-electron chi connectivity index (χ4n) is 0.385. The Kier molecular flexibility index (Phi) is 14.5. The zero-order valence-corrected chi connectivity index (χ0v) is 8.07. The molecule has 0 atom stereocenters. The van der Waals surface area contributed by atoms with Gasteiger partial charge in [-0.25, -0.2) is 0 Å². The molecule has 0 aliphatic carbocycles. The summed E-state index contributed by atoms with van der Waals surface area (Å²) in [4.78, 5) is 2.00. The summed E-state index contributed by atoms with van der Waals surface area (Å²) >= 11 is 0. The molecule has 0 amide bonds. The van der Waals surface area contributed by atoms with Gasteiger partial charge in [0.25, 0.3) is 0 Å². The summed E-state index contributed by atoms with van der Waals surface area (Å²) in [5.74, 6) is 8.00. The Morgan fingerprint density at radius 2 is 0.750 bits per heavy atom. The van der Waals surface area contributed by atoms with Crippen molar-refractivity contribution in [3.8, 4) is 0 Å². The van der Waals surface area contributed by atoms with Crippen molar-refractivity contribution in [1.29, 1.82) is 0 Å². The van der Waals surface area contributed by atoms with E-state index in [-0.39, 0.29) is 0 Å². The van der Waals surface area contributed by atoms with Crippen LogP contribution >= 0.6 is 0 Å². The maximum absolute atomic E-state index is 4.00. The van der Waals surface area contributed by atoms with Gasteiger partial charge in [0, 0.05) is 0 Å². The molecule has 4 N–H and O–H groups in total. The molecule has 0 aliphatic rings. The molecule has 1 rings (SSSR count). The third-order valence-corrected chi connectivity index (χ3v) is 0.667. The Balaban J connectivity index is 0. The predicted octanol–water partition coefficient (Wildman–Crippen LogP) is 0.683. The summed E-state index contributed by atoms with van der Waals surface area (Å²) in [5, 5.41) is 0. The summed E-state index contributed by atoms with van der Waals surface area (Å²) < 4.78 is 0. The zero-order chi connectivity index (χ0) is 9.82. The highest BCUT2D eigenvalue weighted by Gasteiger charge is 1.58. The van der Waals surface area contributed by atoms with Gasteiger partial charge in [0.05, 0.1) is 0 Å². The average molecular weight is 169 g/mol. The number of hydrogen-bond acceptors (Lipinski definition) is 3. The average Bonchev–Trinajstić information content (AvgIpc) is 2.10. The van der Waals surface area contributed by atoms with Crippen LogP contribution in [-0.4, -0.2) is 26.0 Å². The summed E-state index contributed by atoms with van der Waals surface area (Å²) in [6.07, 6.45) is 0. The van der Waals surface area contributed by atoms with Crippen LogP contribution in [0, 0.1) is 0 Å². The van der Waals surface area contributed by atoms with Crippen molar-refractivity contribution >= 4 is 0 Å². The van der Waals surface area contributed by atoms with Crippen LogP contribution in [0.2, 0.25) is 0 Å². The smallest absolute Gasteiger partial charge is 0.0140 e. The first-order valence-corrected chi connectivity index (χ1v) is 3.67. The molecule has 0 aliphatic heterocycles. The number of hydrazine groups is 1. The van der Waals surface area contributed by atoms with Crippen molar-refractivity contribution in [3.63, 3.8) is 0 Å². The fourth-order valence-corrected chi connectivity index (χ4v) is 0.385. The predicted molar refractivity (Wildman–Crippen MR) is 54.4 cm³/mol. The van der Waals surface area contributed by atoms with Crippen molar-refractivity contribution in [1.82, 2.24) is 4.90 Å². The van der Waals surface area contributed by atoms with Gasteiger partial charge >= 0.3 is 0 Å². The highest BCUT2D eigenvalue weighted by atomic mass is 15.0. The van der Waals surface area contributed by atoms with E-state index in [0.717, 1.165) is 0 Å². The second-order valence-electron chi connectivity index (χ2n) is 2.50. The van der Waals surface area contributed by atoms with E-state index in [4.69, 9.17) is 0 Å². The number of rotatable bonds is 0. The first-order valence-electron chi connectivity index (χ1n) is 3.67. The summed E-state index contributed by atoms with van der Waals surface area (Å²) in [6.45, 7) is 0. The van der Waals surface area contributed by atoms with E-state index in [1.807, 2.05) is 62.4 Å². The zero-order valence-electron chi connectivity index (χ0n) is 8.07. The van der Waals surface area contributed by atoms with E-state index < -0.39 is 0 Å². The molecule has 70 valence electrons. The highest BCUT2D eigenvalue weighted by molar-refractivity contribution is 4.99. The van der Waals surface area contributed by atoms with Crippen molar-refractivity contribution in [3.05, 3.63) is 36.4 Å². The molecular weight excluding hydrogens is 150 g/mol. The number of benzene rings is 1. The van der Waals surface area contributed by atoms with Crippen molar-refractivity contribution in [2.45, 2.75) is 0 Å². The molecule has 0 spiro atoms. The number of nitrogens with two attached hydrogens (primary N) is 2. The summed E-state index contributed by atoms with van der Waals surface area (Å²) in [6, 6.07) is 12.0. The van der Waals surface area contributed by atoms with Crippen LogP contribution in [0.1, 0.15) is 0 Å². The number of hydrogen-bond donors (Lipinski definition) is 2. The molecular formula is C9H19N3. The van der Waals surface area contributed by atoms with Gasteiger partial charge in [0.2, 0.25) is 0 Å². The first kappa shape index (κ1) is 13.7. The minimum Gasteiger partial charge on any atom is -0.312 e. The SMILES string of the molecule is CN(C)C.NN.c1ccccc1. The molecule has 0 unspecified atom stereocenters. The van der Waals surface area contributed by atoms with Crippen molar-refractivity contribution in [2.24, 2.45) is 11.7 Å². The Hall–Kier alpha value is -0.900. The van der Waals surface area contributed by atoms with E-state index in [1.54, 1.807) is 0 Å². The Labute approximate surface area is 74.9 Å². The van der Waals surface area contributed by atoms with Crippen LogP contribution in [0.15, 0.2) is 36.4 Å². The van der Waals surface area contributed by atoms with Gasteiger partial charge in [-0.1, -0.05) is 36.4 Å². The first-order chi connectivity index (χ1) is 5.73. The normalized spacial score (nSPS) is 7.50. The largest absolute Gasteiger partial charge is 0.312 e. The van der Waals surface area contributed by atoms with Gasteiger partial charge in [-0.2, -0.15) is 0 Å². The van der Waals surface area contributed by atoms with E-state index in [1.165, 1.54) is 0 Å². The second-order valence-corrected chi connectivity index (χ2v) is 2.50. The number of nitrogens with zero attached hydrogens (tertiary/aromatic N) is 1. The Bertz CT molecular complexity index is 110.